The fourth-order valence-electron chi connectivity index (χ4n) is 1.09. The Balaban J connectivity index is 2.84. The lowest BCUT2D eigenvalue weighted by molar-refractivity contribution is -0.137. The van der Waals surface area contributed by atoms with Crippen molar-refractivity contribution in [2.45, 2.75) is 24.1 Å². The van der Waals surface area contributed by atoms with Gasteiger partial charge >= 0.3 is 5.97 Å². The van der Waals surface area contributed by atoms with Crippen molar-refractivity contribution in [2.75, 3.05) is 5.73 Å². The van der Waals surface area contributed by atoms with Crippen molar-refractivity contribution in [1.29, 1.82) is 0 Å². The van der Waals surface area contributed by atoms with Crippen LogP contribution in [0.4, 0.5) is 5.69 Å². The van der Waals surface area contributed by atoms with Gasteiger partial charge in [-0.05, 0) is 18.1 Å². The number of nitrogens with zero attached hydrogens (tertiary/aromatic N) is 1. The van der Waals surface area contributed by atoms with Crippen LogP contribution in [0, 0.1) is 5.92 Å². The number of carboxylic acid groups (broad SMARTS) is 1. The van der Waals surface area contributed by atoms with Gasteiger partial charge in [-0.25, -0.2) is 4.98 Å². The van der Waals surface area contributed by atoms with Gasteiger partial charge in [0.2, 0.25) is 0 Å². The van der Waals surface area contributed by atoms with Gasteiger partial charge in [0.1, 0.15) is 10.3 Å². The molecule has 0 bridgehead atoms. The van der Waals surface area contributed by atoms with E-state index in [1.807, 2.05) is 13.8 Å². The van der Waals surface area contributed by atoms with Crippen molar-refractivity contribution in [3.8, 4) is 0 Å². The highest BCUT2D eigenvalue weighted by molar-refractivity contribution is 8.00. The smallest absolute Gasteiger partial charge is 0.317 e. The lowest BCUT2D eigenvalue weighted by Gasteiger charge is -2.15. The fraction of sp³-hybridized carbons (Fsp3) is 0.400. The molecular weight excluding hydrogens is 212 g/mol. The Morgan fingerprint density at radius 3 is 2.73 bits per heavy atom. The molecule has 0 aliphatic rings. The average Bonchev–Trinajstić information content (AvgIpc) is 2.15. The first-order valence-electron chi connectivity index (χ1n) is 4.62. The molecule has 0 aliphatic heterocycles. The maximum Gasteiger partial charge on any atom is 0.317 e. The molecule has 1 aromatic heterocycles. The molecule has 1 heterocycles. The molecule has 0 aromatic carbocycles. The number of nitrogen functional groups attached to an aromatic ring is 1. The predicted molar refractivity (Wildman–Crippen MR) is 60.8 cm³/mol. The van der Waals surface area contributed by atoms with E-state index >= 15 is 0 Å². The number of hydrogen-bond donors (Lipinski definition) is 2. The van der Waals surface area contributed by atoms with Crippen LogP contribution in [0.15, 0.2) is 23.4 Å². The predicted octanol–water partition coefficient (Wildman–Crippen LogP) is 1.87. The SMILES string of the molecule is CC(C)C(Sc1ncccc1N)C(=O)O. The van der Waals surface area contributed by atoms with Gasteiger partial charge in [0, 0.05) is 6.20 Å². The second kappa shape index (κ2) is 5.02. The number of carbonyl (C=O) groups is 1. The van der Waals surface area contributed by atoms with Crippen molar-refractivity contribution in [3.63, 3.8) is 0 Å². The first kappa shape index (κ1) is 11.8. The van der Waals surface area contributed by atoms with Gasteiger partial charge < -0.3 is 10.8 Å². The van der Waals surface area contributed by atoms with Crippen LogP contribution in [0.3, 0.4) is 0 Å². The number of carboxylic acids is 1. The van der Waals surface area contributed by atoms with Crippen LogP contribution in [0.2, 0.25) is 0 Å². The highest BCUT2D eigenvalue weighted by Crippen LogP contribution is 2.30. The Morgan fingerprint density at radius 1 is 1.60 bits per heavy atom. The highest BCUT2D eigenvalue weighted by Gasteiger charge is 2.23. The number of thioether (sulfide) groups is 1. The third-order valence-electron chi connectivity index (χ3n) is 1.89. The molecule has 0 fully saturated rings. The van der Waals surface area contributed by atoms with Crippen LogP contribution in [-0.2, 0) is 4.79 Å². The maximum atomic E-state index is 11.0. The molecule has 5 heteroatoms. The quantitative estimate of drug-likeness (QED) is 0.766. The van der Waals surface area contributed by atoms with Crippen molar-refractivity contribution in [3.05, 3.63) is 18.3 Å². The molecule has 0 spiro atoms. The van der Waals surface area contributed by atoms with Crippen LogP contribution in [-0.4, -0.2) is 21.3 Å². The molecule has 1 unspecified atom stereocenters. The van der Waals surface area contributed by atoms with Crippen LogP contribution >= 0.6 is 11.8 Å². The van der Waals surface area contributed by atoms with Crippen molar-refractivity contribution in [1.82, 2.24) is 4.98 Å². The van der Waals surface area contributed by atoms with E-state index in [2.05, 4.69) is 4.98 Å². The Morgan fingerprint density at radius 2 is 2.27 bits per heavy atom. The summed E-state index contributed by atoms with van der Waals surface area (Å²) in [6.07, 6.45) is 1.61. The summed E-state index contributed by atoms with van der Waals surface area (Å²) in [5, 5.41) is 9.08. The van der Waals surface area contributed by atoms with E-state index in [-0.39, 0.29) is 5.92 Å². The molecule has 1 aromatic rings. The van der Waals surface area contributed by atoms with E-state index in [1.165, 1.54) is 11.8 Å². The third kappa shape index (κ3) is 3.13. The van der Waals surface area contributed by atoms with E-state index in [1.54, 1.807) is 18.3 Å². The molecule has 3 N–H and O–H groups in total. The second-order valence-corrected chi connectivity index (χ2v) is 4.65. The lowest BCUT2D eigenvalue weighted by atomic mass is 10.1. The summed E-state index contributed by atoms with van der Waals surface area (Å²) in [5.74, 6) is -0.797. The van der Waals surface area contributed by atoms with Crippen molar-refractivity contribution < 1.29 is 9.90 Å². The Labute approximate surface area is 92.9 Å². The van der Waals surface area contributed by atoms with Gasteiger partial charge in [-0.2, -0.15) is 0 Å². The number of anilines is 1. The molecular formula is C10H14N2O2S. The summed E-state index contributed by atoms with van der Waals surface area (Å²) < 4.78 is 0. The van der Waals surface area contributed by atoms with Crippen LogP contribution < -0.4 is 5.73 Å². The van der Waals surface area contributed by atoms with Gasteiger partial charge in [-0.3, -0.25) is 4.79 Å². The number of aliphatic carboxylic acids is 1. The minimum Gasteiger partial charge on any atom is -0.480 e. The fourth-order valence-corrected chi connectivity index (χ4v) is 2.03. The van der Waals surface area contributed by atoms with Gasteiger partial charge in [0.25, 0.3) is 0 Å². The van der Waals surface area contributed by atoms with E-state index in [4.69, 9.17) is 10.8 Å². The number of rotatable bonds is 4. The first-order chi connectivity index (χ1) is 7.02. The van der Waals surface area contributed by atoms with Crippen molar-refractivity contribution >= 4 is 23.4 Å². The standard InChI is InChI=1S/C10H14N2O2S/c1-6(2)8(10(13)14)15-9-7(11)4-3-5-12-9/h3-6,8H,11H2,1-2H3,(H,13,14). The molecule has 0 saturated carbocycles. The molecule has 0 radical (unpaired) electrons. The molecule has 0 saturated heterocycles. The molecule has 4 nitrogen and oxygen atoms in total. The Bertz CT molecular complexity index is 355. The Hall–Kier alpha value is -1.23. The van der Waals surface area contributed by atoms with Gasteiger partial charge in [0.15, 0.2) is 0 Å². The zero-order valence-electron chi connectivity index (χ0n) is 8.68. The molecule has 1 atom stereocenters. The van der Waals surface area contributed by atoms with E-state index in [0.29, 0.717) is 10.7 Å². The van der Waals surface area contributed by atoms with Gasteiger partial charge in [-0.15, -0.1) is 0 Å². The van der Waals surface area contributed by atoms with Crippen LogP contribution in [0.5, 0.6) is 0 Å². The van der Waals surface area contributed by atoms with Crippen LogP contribution in [0.25, 0.3) is 0 Å². The van der Waals surface area contributed by atoms with Gasteiger partial charge in [0.05, 0.1) is 5.69 Å². The molecule has 0 amide bonds. The largest absolute Gasteiger partial charge is 0.480 e. The molecule has 15 heavy (non-hydrogen) atoms. The topological polar surface area (TPSA) is 76.2 Å². The monoisotopic (exact) mass is 226 g/mol. The first-order valence-corrected chi connectivity index (χ1v) is 5.50. The summed E-state index contributed by atoms with van der Waals surface area (Å²) in [6.45, 7) is 3.73. The number of pyridine rings is 1. The molecule has 0 aliphatic carbocycles. The van der Waals surface area contributed by atoms with E-state index in [0.717, 1.165) is 0 Å². The summed E-state index contributed by atoms with van der Waals surface area (Å²) in [6, 6.07) is 3.44. The number of hydrogen-bond acceptors (Lipinski definition) is 4. The molecule has 1 rings (SSSR count). The average molecular weight is 226 g/mol. The number of aromatic nitrogens is 1. The normalized spacial score (nSPS) is 12.7. The highest BCUT2D eigenvalue weighted by atomic mass is 32.2. The summed E-state index contributed by atoms with van der Waals surface area (Å²) in [7, 11) is 0. The second-order valence-electron chi connectivity index (χ2n) is 3.52. The van der Waals surface area contributed by atoms with Gasteiger partial charge in [-0.1, -0.05) is 25.6 Å². The van der Waals surface area contributed by atoms with E-state index in [9.17, 15) is 4.79 Å². The van der Waals surface area contributed by atoms with Crippen LogP contribution in [0.1, 0.15) is 13.8 Å². The summed E-state index contributed by atoms with van der Waals surface area (Å²) in [5.41, 5.74) is 6.22. The minimum absolute atomic E-state index is 0.0360. The lowest BCUT2D eigenvalue weighted by Crippen LogP contribution is -2.22. The minimum atomic E-state index is -0.833. The zero-order valence-corrected chi connectivity index (χ0v) is 9.49. The van der Waals surface area contributed by atoms with E-state index < -0.39 is 11.2 Å². The maximum absolute atomic E-state index is 11.0. The number of nitrogens with two attached hydrogens (primary N) is 1. The van der Waals surface area contributed by atoms with Crippen molar-refractivity contribution in [2.24, 2.45) is 5.92 Å². The Kier molecular flexibility index (Phi) is 3.96. The third-order valence-corrected chi connectivity index (χ3v) is 3.45. The summed E-state index contributed by atoms with van der Waals surface area (Å²) >= 11 is 1.20. The molecule has 82 valence electrons. The zero-order chi connectivity index (χ0) is 11.4. The summed E-state index contributed by atoms with van der Waals surface area (Å²) in [4.78, 5) is 15.0.